The second kappa shape index (κ2) is 7.21. The van der Waals surface area contributed by atoms with Crippen LogP contribution in [0, 0.1) is 0 Å². The van der Waals surface area contributed by atoms with Gasteiger partial charge in [0.25, 0.3) is 0 Å². The predicted octanol–water partition coefficient (Wildman–Crippen LogP) is 7.98. The molecule has 0 fully saturated rings. The first-order chi connectivity index (χ1) is 10.8. The Labute approximate surface area is 169 Å². The van der Waals surface area contributed by atoms with Gasteiger partial charge in [0.05, 0.1) is 0 Å². The number of hydrogen-bond acceptors (Lipinski definition) is 1. The zero-order valence-corrected chi connectivity index (χ0v) is 23.0. The van der Waals surface area contributed by atoms with Gasteiger partial charge in [-0.1, -0.05) is 0 Å². The molecule has 1 nitrogen and oxygen atoms in total. The molecule has 1 N–H and O–H groups in total. The Balaban J connectivity index is 0.00000312. The third-order valence-electron chi connectivity index (χ3n) is 7.84. The van der Waals surface area contributed by atoms with Crippen molar-refractivity contribution in [3.8, 4) is 0 Å². The third-order valence-corrected chi connectivity index (χ3v) is 72.0. The summed E-state index contributed by atoms with van der Waals surface area (Å²) in [7, 11) is 0. The van der Waals surface area contributed by atoms with Crippen LogP contribution >= 0.6 is 24.8 Å². The Morgan fingerprint density at radius 2 is 1.58 bits per heavy atom. The van der Waals surface area contributed by atoms with E-state index in [4.69, 9.17) is 0 Å². The van der Waals surface area contributed by atoms with Gasteiger partial charge in [-0.3, -0.25) is 0 Å². The molecule has 1 aliphatic rings. The molecule has 0 aromatic heterocycles. The number of rotatable bonds is 7. The van der Waals surface area contributed by atoms with Gasteiger partial charge in [0.1, 0.15) is 0 Å². The van der Waals surface area contributed by atoms with Gasteiger partial charge < -0.3 is 0 Å². The topological polar surface area (TPSA) is 12.0 Å². The van der Waals surface area contributed by atoms with Crippen LogP contribution in [-0.4, -0.2) is 5.92 Å². The Bertz CT molecular complexity index is 707. The molecule has 0 atom stereocenters. The van der Waals surface area contributed by atoms with Gasteiger partial charge in [-0.2, -0.15) is 0 Å². The van der Waals surface area contributed by atoms with Crippen molar-refractivity contribution in [3.63, 3.8) is 0 Å². The summed E-state index contributed by atoms with van der Waals surface area (Å²) in [6, 6.07) is 9.27. The maximum atomic E-state index is 4.25. The molecule has 1 aromatic carbocycles. The second-order valence-corrected chi connectivity index (χ2v) is 74.4. The SMILES string of the molecule is CCCCc1ccc([NH][Zr]([CH3])([CH3])([CH3])([CH3])([C]2=CC=CC2)[SiH](C)C)cc1.Cl.Cl. The zero-order valence-electron chi connectivity index (χ0n) is 17.8. The van der Waals surface area contributed by atoms with Crippen LogP contribution in [-0.2, 0) is 21.7 Å². The minimum Gasteiger partial charge on any atom is -0.147 e. The molecule has 1 aromatic rings. The van der Waals surface area contributed by atoms with Gasteiger partial charge in [-0.25, -0.2) is 0 Å². The molecule has 151 valence electrons. The van der Waals surface area contributed by atoms with Crippen LogP contribution in [0.4, 0.5) is 5.69 Å². The molecule has 5 heteroatoms. The van der Waals surface area contributed by atoms with E-state index in [2.05, 4.69) is 84.3 Å². The van der Waals surface area contributed by atoms with Crippen LogP contribution in [0.25, 0.3) is 0 Å². The molecule has 26 heavy (non-hydrogen) atoms. The van der Waals surface area contributed by atoms with E-state index >= 15 is 0 Å². The Morgan fingerprint density at radius 1 is 1.00 bits per heavy atom. The number of anilines is 1. The number of benzene rings is 1. The summed E-state index contributed by atoms with van der Waals surface area (Å²) in [5, 5.41) is 0. The quantitative estimate of drug-likeness (QED) is 0.377. The number of unbranched alkanes of at least 4 members (excludes halogenated alkanes) is 1. The van der Waals surface area contributed by atoms with E-state index in [-0.39, 0.29) is 24.8 Å². The monoisotopic (exact) mass is 494 g/mol. The maximum absolute atomic E-state index is 4.25. The molecule has 0 saturated carbocycles. The molecule has 0 radical (unpaired) electrons. The van der Waals surface area contributed by atoms with Crippen LogP contribution in [0.2, 0.25) is 31.6 Å². The molecule has 0 bridgehead atoms. The van der Waals surface area contributed by atoms with E-state index in [1.165, 1.54) is 30.5 Å². The Morgan fingerprint density at radius 3 is 2.00 bits per heavy atom. The number of allylic oxidation sites excluding steroid dienone is 4. The van der Waals surface area contributed by atoms with Gasteiger partial charge in [0.15, 0.2) is 0 Å². The van der Waals surface area contributed by atoms with Crippen LogP contribution in [0.1, 0.15) is 31.7 Å². The largest absolute Gasteiger partial charge is 0.147 e. The van der Waals surface area contributed by atoms with Gasteiger partial charge >= 0.3 is 146 Å². The molecule has 0 aliphatic heterocycles. The van der Waals surface area contributed by atoms with Crippen molar-refractivity contribution in [1.82, 2.24) is 0 Å². The van der Waals surface area contributed by atoms with Crippen molar-refractivity contribution in [2.45, 2.75) is 64.2 Å². The standard InChI is InChI=1S/C10H14N.C5H5.C2H7Si.4CH3.2ClH.Zr/c1-2-3-4-9-5-7-10(11)8-6-9;1-2-4-5-3-1;1-3-2;;;;;;;/h5-8,11H,2-4H2,1H3;1-3H,4H2;3H,1-2H3;4*1H3;2*1H;/q-1;;;;;;;;;+1. The minimum atomic E-state index is -4.18. The van der Waals surface area contributed by atoms with E-state index in [0.717, 1.165) is 6.42 Å². The smallest absolute Gasteiger partial charge is 0.147 e. The van der Waals surface area contributed by atoms with E-state index in [9.17, 15) is 0 Å². The van der Waals surface area contributed by atoms with E-state index in [0.29, 0.717) is 0 Å². The van der Waals surface area contributed by atoms with Crippen molar-refractivity contribution in [2.75, 3.05) is 3.26 Å². The fraction of sp³-hybridized carbons (Fsp3) is 0.524. The Hall–Kier alpha value is 0.180. The molecule has 0 amide bonds. The number of hydrogen-bond donors (Lipinski definition) is 1. The van der Waals surface area contributed by atoms with Crippen LogP contribution in [0.15, 0.2) is 45.8 Å². The fourth-order valence-corrected chi connectivity index (χ4v) is 24.3. The third kappa shape index (κ3) is 4.59. The van der Waals surface area contributed by atoms with E-state index < -0.39 is 21.2 Å². The summed E-state index contributed by atoms with van der Waals surface area (Å²) < 4.78 is 16.5. The normalized spacial score (nSPS) is 17.8. The van der Waals surface area contributed by atoms with E-state index in [1.54, 1.807) is 3.28 Å². The predicted molar refractivity (Wildman–Crippen MR) is 127 cm³/mol. The summed E-state index contributed by atoms with van der Waals surface area (Å²) in [5.41, 5.74) is 2.77. The molecule has 0 unspecified atom stereocenters. The maximum Gasteiger partial charge on any atom is -0.147 e. The molecule has 1 aliphatic carbocycles. The second-order valence-electron chi connectivity index (χ2n) is 12.0. The summed E-state index contributed by atoms with van der Waals surface area (Å²) in [4.78, 5) is 0. The summed E-state index contributed by atoms with van der Waals surface area (Å²) in [6.07, 6.45) is 11.8. The van der Waals surface area contributed by atoms with Crippen molar-refractivity contribution in [3.05, 3.63) is 51.3 Å². The Kier molecular flexibility index (Phi) is 7.26. The molecule has 0 heterocycles. The average Bonchev–Trinajstić information content (AvgIpc) is 3.02. The molecule has 2 rings (SSSR count). The first-order valence-corrected chi connectivity index (χ1v) is 29.2. The van der Waals surface area contributed by atoms with E-state index in [1.807, 2.05) is 0 Å². The van der Waals surface area contributed by atoms with Crippen LogP contribution < -0.4 is 3.26 Å². The molecular formula is C21H40Cl2NSiZr. The summed E-state index contributed by atoms with van der Waals surface area (Å²) >= 11 is -4.18. The van der Waals surface area contributed by atoms with Crippen molar-refractivity contribution < 1.29 is 15.3 Å². The molecule has 0 spiro atoms. The van der Waals surface area contributed by atoms with Crippen LogP contribution in [0.3, 0.4) is 0 Å². The van der Waals surface area contributed by atoms with Crippen molar-refractivity contribution in [1.29, 1.82) is 0 Å². The zero-order chi connectivity index (χ0) is 18.2. The molecule has 0 saturated heterocycles. The fourth-order valence-electron chi connectivity index (χ4n) is 3.85. The van der Waals surface area contributed by atoms with Crippen molar-refractivity contribution in [2.24, 2.45) is 0 Å². The first-order valence-electron chi connectivity index (χ1n) is 9.79. The average molecular weight is 497 g/mol. The number of nitrogens with one attached hydrogen (secondary N) is 1. The van der Waals surface area contributed by atoms with Gasteiger partial charge in [0.2, 0.25) is 0 Å². The van der Waals surface area contributed by atoms with Crippen LogP contribution in [0.5, 0.6) is 0 Å². The first kappa shape index (κ1) is 26.2. The number of aryl methyl sites for hydroxylation is 1. The summed E-state index contributed by atoms with van der Waals surface area (Å²) in [6.45, 7) is 7.35. The summed E-state index contributed by atoms with van der Waals surface area (Å²) in [5.74, 6) is -1.03. The van der Waals surface area contributed by atoms with Gasteiger partial charge in [0, 0.05) is 0 Å². The molecular weight excluding hydrogens is 456 g/mol. The van der Waals surface area contributed by atoms with Gasteiger partial charge in [-0.05, 0) is 0 Å². The number of halogens is 2. The van der Waals surface area contributed by atoms with Gasteiger partial charge in [-0.15, -0.1) is 24.8 Å². The minimum absolute atomic E-state index is 0. The van der Waals surface area contributed by atoms with Crippen molar-refractivity contribution >= 4 is 36.4 Å².